The van der Waals surface area contributed by atoms with Crippen LogP contribution >= 0.6 is 27.5 Å². The van der Waals surface area contributed by atoms with Crippen molar-refractivity contribution in [1.29, 1.82) is 0 Å². The van der Waals surface area contributed by atoms with E-state index >= 15 is 0 Å². The van der Waals surface area contributed by atoms with Crippen LogP contribution in [0.4, 0.5) is 5.69 Å². The minimum Gasteiger partial charge on any atom is -0.343 e. The fourth-order valence-corrected chi connectivity index (χ4v) is 3.68. The van der Waals surface area contributed by atoms with Crippen LogP contribution in [-0.2, 0) is 11.3 Å². The summed E-state index contributed by atoms with van der Waals surface area (Å²) in [6.07, 6.45) is 0. The molecule has 0 bridgehead atoms. The van der Waals surface area contributed by atoms with Crippen LogP contribution in [0.5, 0.6) is 0 Å². The molecule has 0 unspecified atom stereocenters. The smallest absolute Gasteiger partial charge is 0.256 e. The van der Waals surface area contributed by atoms with Crippen molar-refractivity contribution in [2.75, 3.05) is 11.9 Å². The van der Waals surface area contributed by atoms with Crippen molar-refractivity contribution in [3.05, 3.63) is 80.5 Å². The van der Waals surface area contributed by atoms with Gasteiger partial charge in [0.1, 0.15) is 5.15 Å². The number of nitrogens with one attached hydrogen (secondary N) is 2. The molecule has 0 aliphatic heterocycles. The van der Waals surface area contributed by atoms with Crippen molar-refractivity contribution < 1.29 is 9.59 Å². The Balaban J connectivity index is 1.64. The summed E-state index contributed by atoms with van der Waals surface area (Å²) in [6.45, 7) is 3.89. The van der Waals surface area contributed by atoms with E-state index in [4.69, 9.17) is 11.6 Å². The Kier molecular flexibility index (Phi) is 6.71. The second kappa shape index (κ2) is 9.24. The number of hydrogen-bond acceptors (Lipinski definition) is 3. The zero-order valence-corrected chi connectivity index (χ0v) is 18.3. The molecular formula is C21H20BrClN4O2. The maximum atomic E-state index is 12.6. The fourth-order valence-electron chi connectivity index (χ4n) is 2.88. The molecule has 2 aromatic carbocycles. The number of hydrogen-bond donors (Lipinski definition) is 2. The number of anilines is 1. The van der Waals surface area contributed by atoms with Gasteiger partial charge in [0.15, 0.2) is 0 Å². The van der Waals surface area contributed by atoms with E-state index in [9.17, 15) is 9.59 Å². The molecule has 6 nitrogen and oxygen atoms in total. The lowest BCUT2D eigenvalue weighted by atomic mass is 10.2. The molecule has 29 heavy (non-hydrogen) atoms. The number of carbonyl (C=O) groups excluding carboxylic acids is 2. The van der Waals surface area contributed by atoms with Crippen molar-refractivity contribution >= 4 is 45.0 Å². The lowest BCUT2D eigenvalue weighted by Gasteiger charge is -2.10. The van der Waals surface area contributed by atoms with Crippen LogP contribution in [0.2, 0.25) is 5.15 Å². The summed E-state index contributed by atoms with van der Waals surface area (Å²) in [5.41, 5.74) is 3.41. The molecule has 0 saturated heterocycles. The molecule has 3 aromatic rings. The first-order valence-corrected chi connectivity index (χ1v) is 10.1. The SMILES string of the molecule is Cc1cc(Br)ccc1NC(=O)CNC(=O)c1c(C)nn(Cc2ccccc2)c1Cl. The minimum atomic E-state index is -0.436. The average molecular weight is 476 g/mol. The molecular weight excluding hydrogens is 456 g/mol. The first-order chi connectivity index (χ1) is 13.8. The average Bonchev–Trinajstić information content (AvgIpc) is 2.96. The number of aromatic nitrogens is 2. The van der Waals surface area contributed by atoms with Crippen molar-refractivity contribution in [3.8, 4) is 0 Å². The van der Waals surface area contributed by atoms with Gasteiger partial charge in [0.05, 0.1) is 24.3 Å². The number of benzene rings is 2. The number of amides is 2. The topological polar surface area (TPSA) is 76.0 Å². The molecule has 0 atom stereocenters. The molecule has 0 radical (unpaired) electrons. The summed E-state index contributed by atoms with van der Waals surface area (Å²) in [7, 11) is 0. The predicted octanol–water partition coefficient (Wildman–Crippen LogP) is 4.33. The van der Waals surface area contributed by atoms with Gasteiger partial charge in [-0.15, -0.1) is 0 Å². The number of aryl methyl sites for hydroxylation is 2. The van der Waals surface area contributed by atoms with E-state index in [1.54, 1.807) is 17.7 Å². The summed E-state index contributed by atoms with van der Waals surface area (Å²) >= 11 is 9.77. The molecule has 8 heteroatoms. The molecule has 0 aliphatic carbocycles. The van der Waals surface area contributed by atoms with E-state index < -0.39 is 5.91 Å². The van der Waals surface area contributed by atoms with E-state index in [1.165, 1.54) is 0 Å². The normalized spacial score (nSPS) is 10.6. The van der Waals surface area contributed by atoms with E-state index in [-0.39, 0.29) is 23.2 Å². The summed E-state index contributed by atoms with van der Waals surface area (Å²) in [5, 5.41) is 10.00. The van der Waals surface area contributed by atoms with E-state index in [2.05, 4.69) is 31.7 Å². The van der Waals surface area contributed by atoms with E-state index in [1.807, 2.05) is 49.4 Å². The maximum absolute atomic E-state index is 12.6. The maximum Gasteiger partial charge on any atom is 0.256 e. The van der Waals surface area contributed by atoms with Gasteiger partial charge in [-0.2, -0.15) is 5.10 Å². The van der Waals surface area contributed by atoms with Gasteiger partial charge in [0.2, 0.25) is 5.91 Å². The lowest BCUT2D eigenvalue weighted by Crippen LogP contribution is -2.33. The van der Waals surface area contributed by atoms with Crippen molar-refractivity contribution in [3.63, 3.8) is 0 Å². The molecule has 3 rings (SSSR count). The number of nitrogens with zero attached hydrogens (tertiary/aromatic N) is 2. The van der Waals surface area contributed by atoms with Crippen LogP contribution in [0.25, 0.3) is 0 Å². The molecule has 0 aliphatic rings. The van der Waals surface area contributed by atoms with Gasteiger partial charge in [0.25, 0.3) is 5.91 Å². The molecule has 2 N–H and O–H groups in total. The van der Waals surface area contributed by atoms with Crippen molar-refractivity contribution in [2.45, 2.75) is 20.4 Å². The van der Waals surface area contributed by atoms with Crippen molar-refractivity contribution in [1.82, 2.24) is 15.1 Å². The Morgan fingerprint density at radius 1 is 1.14 bits per heavy atom. The standard InChI is InChI=1S/C21H20BrClN4O2/c1-13-10-16(22)8-9-17(13)25-18(28)11-24-21(29)19-14(2)26-27(20(19)23)12-15-6-4-3-5-7-15/h3-10H,11-12H2,1-2H3,(H,24,29)(H,25,28). The number of rotatable bonds is 6. The van der Waals surface area contributed by atoms with Gasteiger partial charge >= 0.3 is 0 Å². The van der Waals surface area contributed by atoms with Crippen LogP contribution in [0.15, 0.2) is 53.0 Å². The monoisotopic (exact) mass is 474 g/mol. The third-order valence-electron chi connectivity index (χ3n) is 4.34. The Morgan fingerprint density at radius 2 is 1.86 bits per heavy atom. The highest BCUT2D eigenvalue weighted by Crippen LogP contribution is 2.21. The largest absolute Gasteiger partial charge is 0.343 e. The van der Waals surface area contributed by atoms with Crippen LogP contribution in [0.1, 0.15) is 27.2 Å². The number of carbonyl (C=O) groups is 2. The first kappa shape index (κ1) is 21.1. The molecule has 2 amide bonds. The fraction of sp³-hybridized carbons (Fsp3) is 0.190. The van der Waals surface area contributed by atoms with E-state index in [0.717, 1.165) is 15.6 Å². The second-order valence-electron chi connectivity index (χ2n) is 6.58. The summed E-state index contributed by atoms with van der Waals surface area (Å²) in [6, 6.07) is 15.2. The predicted molar refractivity (Wildman–Crippen MR) is 117 cm³/mol. The van der Waals surface area contributed by atoms with Gasteiger partial charge in [-0.25, -0.2) is 4.68 Å². The molecule has 0 spiro atoms. The van der Waals surface area contributed by atoms with Crippen LogP contribution in [0, 0.1) is 13.8 Å². The Hall–Kier alpha value is -2.64. The number of halogens is 2. The molecule has 150 valence electrons. The Bertz CT molecular complexity index is 1050. The third-order valence-corrected chi connectivity index (χ3v) is 5.22. The van der Waals surface area contributed by atoms with Gasteiger partial charge in [-0.05, 0) is 43.2 Å². The zero-order chi connectivity index (χ0) is 21.0. The molecule has 1 heterocycles. The summed E-state index contributed by atoms with van der Waals surface area (Å²) < 4.78 is 2.51. The minimum absolute atomic E-state index is 0.173. The lowest BCUT2D eigenvalue weighted by molar-refractivity contribution is -0.115. The molecule has 0 fully saturated rings. The Labute approximate surface area is 182 Å². The van der Waals surface area contributed by atoms with Crippen molar-refractivity contribution in [2.24, 2.45) is 0 Å². The van der Waals surface area contributed by atoms with Gasteiger partial charge in [0, 0.05) is 10.2 Å². The highest BCUT2D eigenvalue weighted by atomic mass is 79.9. The van der Waals surface area contributed by atoms with Gasteiger partial charge in [-0.3, -0.25) is 9.59 Å². The van der Waals surface area contributed by atoms with Gasteiger partial charge in [-0.1, -0.05) is 57.9 Å². The Morgan fingerprint density at radius 3 is 2.55 bits per heavy atom. The highest BCUT2D eigenvalue weighted by molar-refractivity contribution is 9.10. The van der Waals surface area contributed by atoms with Crippen LogP contribution < -0.4 is 10.6 Å². The summed E-state index contributed by atoms with van der Waals surface area (Å²) in [4.78, 5) is 24.8. The quantitative estimate of drug-likeness (QED) is 0.557. The highest BCUT2D eigenvalue weighted by Gasteiger charge is 2.21. The molecule has 1 aromatic heterocycles. The molecule has 0 saturated carbocycles. The third kappa shape index (κ3) is 5.25. The van der Waals surface area contributed by atoms with Gasteiger partial charge < -0.3 is 10.6 Å². The zero-order valence-electron chi connectivity index (χ0n) is 16.0. The van der Waals surface area contributed by atoms with Crippen LogP contribution in [0.3, 0.4) is 0 Å². The van der Waals surface area contributed by atoms with Crippen LogP contribution in [-0.4, -0.2) is 28.1 Å². The van der Waals surface area contributed by atoms with E-state index in [0.29, 0.717) is 17.9 Å². The summed E-state index contributed by atoms with van der Waals surface area (Å²) in [5.74, 6) is -0.760. The second-order valence-corrected chi connectivity index (χ2v) is 7.86. The first-order valence-electron chi connectivity index (χ1n) is 8.96.